The van der Waals surface area contributed by atoms with E-state index in [1.807, 2.05) is 12.1 Å². The number of rotatable bonds is 2. The van der Waals surface area contributed by atoms with Crippen LogP contribution in [0.5, 0.6) is 0 Å². The fraction of sp³-hybridized carbons (Fsp3) is 0.625. The minimum Gasteiger partial charge on any atom is -0.399 e. The second-order valence-corrected chi connectivity index (χ2v) is 6.01. The highest BCUT2D eigenvalue weighted by atomic mass is 14.9. The third kappa shape index (κ3) is 2.47. The van der Waals surface area contributed by atoms with E-state index < -0.39 is 0 Å². The van der Waals surface area contributed by atoms with Crippen LogP contribution in [0.15, 0.2) is 24.3 Å². The van der Waals surface area contributed by atoms with Gasteiger partial charge in [-0.25, -0.2) is 0 Å². The molecule has 2 aliphatic carbocycles. The first-order chi connectivity index (χ1) is 8.83. The second-order valence-electron chi connectivity index (χ2n) is 6.01. The van der Waals surface area contributed by atoms with Crippen molar-refractivity contribution >= 4 is 11.4 Å². The van der Waals surface area contributed by atoms with Gasteiger partial charge in [0, 0.05) is 17.4 Å². The molecule has 0 heterocycles. The Kier molecular flexibility index (Phi) is 3.44. The molecule has 0 saturated heterocycles. The molecular weight excluding hydrogens is 220 g/mol. The maximum Gasteiger partial charge on any atom is 0.0343 e. The van der Waals surface area contributed by atoms with Gasteiger partial charge in [0.05, 0.1) is 0 Å². The average molecular weight is 244 g/mol. The summed E-state index contributed by atoms with van der Waals surface area (Å²) < 4.78 is 0. The number of nitrogens with one attached hydrogen (secondary N) is 1. The summed E-state index contributed by atoms with van der Waals surface area (Å²) in [6.07, 6.45) is 9.97. The minimum absolute atomic E-state index is 0.688. The molecule has 3 N–H and O–H groups in total. The molecule has 3 rings (SSSR count). The standard InChI is InChI=1S/C16H24N2/c17-13-8-10-14(11-9-13)18-16-7-3-5-12-4-1-2-6-15(12)16/h8-12,15-16,18H,1-7,17H2. The van der Waals surface area contributed by atoms with E-state index >= 15 is 0 Å². The largest absolute Gasteiger partial charge is 0.399 e. The minimum atomic E-state index is 0.688. The number of fused-ring (bicyclic) bond motifs is 1. The molecule has 1 aromatic carbocycles. The van der Waals surface area contributed by atoms with Crippen LogP contribution in [0.4, 0.5) is 11.4 Å². The lowest BCUT2D eigenvalue weighted by atomic mass is 9.68. The Morgan fingerprint density at radius 2 is 1.61 bits per heavy atom. The van der Waals surface area contributed by atoms with Crippen LogP contribution in [0.25, 0.3) is 0 Å². The number of hydrogen-bond acceptors (Lipinski definition) is 2. The lowest BCUT2D eigenvalue weighted by Crippen LogP contribution is -2.39. The Balaban J connectivity index is 1.69. The highest BCUT2D eigenvalue weighted by Gasteiger charge is 2.34. The van der Waals surface area contributed by atoms with Crippen LogP contribution in [0.2, 0.25) is 0 Å². The molecule has 0 amide bonds. The lowest BCUT2D eigenvalue weighted by molar-refractivity contribution is 0.155. The van der Waals surface area contributed by atoms with E-state index in [2.05, 4.69) is 17.4 Å². The van der Waals surface area contributed by atoms with Gasteiger partial charge in [-0.15, -0.1) is 0 Å². The molecule has 2 saturated carbocycles. The van der Waals surface area contributed by atoms with Crippen molar-refractivity contribution in [2.75, 3.05) is 11.1 Å². The zero-order valence-corrected chi connectivity index (χ0v) is 11.1. The van der Waals surface area contributed by atoms with Crippen LogP contribution in [0.1, 0.15) is 44.9 Å². The van der Waals surface area contributed by atoms with E-state index in [1.165, 1.54) is 50.6 Å². The summed E-state index contributed by atoms with van der Waals surface area (Å²) in [5, 5.41) is 3.75. The van der Waals surface area contributed by atoms with Crippen molar-refractivity contribution in [1.82, 2.24) is 0 Å². The first-order valence-corrected chi connectivity index (χ1v) is 7.45. The third-order valence-corrected chi connectivity index (χ3v) is 4.84. The van der Waals surface area contributed by atoms with Gasteiger partial charge in [0.15, 0.2) is 0 Å². The molecule has 0 aromatic heterocycles. The predicted octanol–water partition coefficient (Wildman–Crippen LogP) is 4.04. The maximum atomic E-state index is 5.74. The molecule has 98 valence electrons. The third-order valence-electron chi connectivity index (χ3n) is 4.84. The number of nitrogens with two attached hydrogens (primary N) is 1. The van der Waals surface area contributed by atoms with Crippen LogP contribution >= 0.6 is 0 Å². The number of benzene rings is 1. The second kappa shape index (κ2) is 5.21. The molecule has 0 bridgehead atoms. The van der Waals surface area contributed by atoms with E-state index in [4.69, 9.17) is 5.73 Å². The molecule has 1 aromatic rings. The Morgan fingerprint density at radius 1 is 0.889 bits per heavy atom. The van der Waals surface area contributed by atoms with Crippen molar-refractivity contribution in [2.24, 2.45) is 11.8 Å². The smallest absolute Gasteiger partial charge is 0.0343 e. The molecule has 2 nitrogen and oxygen atoms in total. The fourth-order valence-corrected chi connectivity index (χ4v) is 3.91. The summed E-state index contributed by atoms with van der Waals surface area (Å²) in [6.45, 7) is 0. The van der Waals surface area contributed by atoms with Gasteiger partial charge in [-0.3, -0.25) is 0 Å². The Labute approximate surface area is 110 Å². The van der Waals surface area contributed by atoms with Gasteiger partial charge in [-0.1, -0.05) is 32.1 Å². The zero-order valence-electron chi connectivity index (χ0n) is 11.1. The average Bonchev–Trinajstić information content (AvgIpc) is 2.42. The van der Waals surface area contributed by atoms with Crippen LogP contribution in [0, 0.1) is 11.8 Å². The van der Waals surface area contributed by atoms with E-state index in [0.717, 1.165) is 17.5 Å². The first kappa shape index (κ1) is 11.9. The highest BCUT2D eigenvalue weighted by Crippen LogP contribution is 2.41. The summed E-state index contributed by atoms with van der Waals surface area (Å²) in [4.78, 5) is 0. The topological polar surface area (TPSA) is 38.0 Å². The van der Waals surface area contributed by atoms with E-state index in [0.29, 0.717) is 6.04 Å². The number of hydrogen-bond donors (Lipinski definition) is 2. The SMILES string of the molecule is Nc1ccc(NC2CCCC3CCCCC32)cc1. The molecular formula is C16H24N2. The fourth-order valence-electron chi connectivity index (χ4n) is 3.91. The normalized spacial score (nSPS) is 31.7. The molecule has 3 unspecified atom stereocenters. The van der Waals surface area contributed by atoms with Gasteiger partial charge in [0.25, 0.3) is 0 Å². The summed E-state index contributed by atoms with van der Waals surface area (Å²) in [5.74, 6) is 1.89. The van der Waals surface area contributed by atoms with E-state index in [9.17, 15) is 0 Å². The lowest BCUT2D eigenvalue weighted by Gasteiger charge is -2.42. The van der Waals surface area contributed by atoms with Crippen LogP contribution < -0.4 is 11.1 Å². The van der Waals surface area contributed by atoms with Gasteiger partial charge >= 0.3 is 0 Å². The molecule has 2 aliphatic rings. The summed E-state index contributed by atoms with van der Waals surface area (Å²) in [7, 11) is 0. The Morgan fingerprint density at radius 3 is 2.44 bits per heavy atom. The first-order valence-electron chi connectivity index (χ1n) is 7.45. The summed E-state index contributed by atoms with van der Waals surface area (Å²) in [6, 6.07) is 8.89. The quantitative estimate of drug-likeness (QED) is 0.770. The summed E-state index contributed by atoms with van der Waals surface area (Å²) in [5.41, 5.74) is 7.82. The van der Waals surface area contributed by atoms with Crippen molar-refractivity contribution in [3.8, 4) is 0 Å². The van der Waals surface area contributed by atoms with Crippen LogP contribution in [-0.2, 0) is 0 Å². The molecule has 0 spiro atoms. The van der Waals surface area contributed by atoms with Gasteiger partial charge in [-0.05, 0) is 48.9 Å². The summed E-state index contributed by atoms with van der Waals surface area (Å²) >= 11 is 0. The van der Waals surface area contributed by atoms with Crippen molar-refractivity contribution in [3.05, 3.63) is 24.3 Å². The van der Waals surface area contributed by atoms with Crippen molar-refractivity contribution in [2.45, 2.75) is 51.0 Å². The van der Waals surface area contributed by atoms with Crippen molar-refractivity contribution in [3.63, 3.8) is 0 Å². The van der Waals surface area contributed by atoms with Gasteiger partial charge in [0.2, 0.25) is 0 Å². The van der Waals surface area contributed by atoms with Crippen LogP contribution in [-0.4, -0.2) is 6.04 Å². The predicted molar refractivity (Wildman–Crippen MR) is 77.6 cm³/mol. The Hall–Kier alpha value is -1.18. The van der Waals surface area contributed by atoms with Crippen LogP contribution in [0.3, 0.4) is 0 Å². The maximum absolute atomic E-state index is 5.74. The number of nitrogen functional groups attached to an aromatic ring is 1. The number of anilines is 2. The molecule has 18 heavy (non-hydrogen) atoms. The monoisotopic (exact) mass is 244 g/mol. The molecule has 2 heteroatoms. The molecule has 2 fully saturated rings. The van der Waals surface area contributed by atoms with Gasteiger partial charge in [0.1, 0.15) is 0 Å². The van der Waals surface area contributed by atoms with Gasteiger partial charge in [-0.2, -0.15) is 0 Å². The molecule has 0 aliphatic heterocycles. The van der Waals surface area contributed by atoms with E-state index in [-0.39, 0.29) is 0 Å². The Bertz CT molecular complexity index is 383. The van der Waals surface area contributed by atoms with Crippen molar-refractivity contribution in [1.29, 1.82) is 0 Å². The highest BCUT2D eigenvalue weighted by molar-refractivity contribution is 5.51. The zero-order chi connectivity index (χ0) is 12.4. The van der Waals surface area contributed by atoms with E-state index in [1.54, 1.807) is 0 Å². The van der Waals surface area contributed by atoms with Crippen molar-refractivity contribution < 1.29 is 0 Å². The molecule has 0 radical (unpaired) electrons. The molecule has 3 atom stereocenters. The van der Waals surface area contributed by atoms with Gasteiger partial charge < -0.3 is 11.1 Å².